The molecule has 2 aromatic rings. The fourth-order valence-electron chi connectivity index (χ4n) is 1.45. The van der Waals surface area contributed by atoms with Crippen LogP contribution in [0.1, 0.15) is 0 Å². The van der Waals surface area contributed by atoms with Gasteiger partial charge in [0.25, 0.3) is 10.2 Å². The Morgan fingerprint density at radius 2 is 1.84 bits per heavy atom. The van der Waals surface area contributed by atoms with Gasteiger partial charge in [-0.25, -0.2) is 15.1 Å². The van der Waals surface area contributed by atoms with E-state index in [1.807, 2.05) is 0 Å². The van der Waals surface area contributed by atoms with Gasteiger partial charge in [0.1, 0.15) is 11.5 Å². The number of anilines is 1. The summed E-state index contributed by atoms with van der Waals surface area (Å²) in [5.74, 6) is 0.0322. The van der Waals surface area contributed by atoms with Crippen LogP contribution in [0.3, 0.4) is 0 Å². The summed E-state index contributed by atoms with van der Waals surface area (Å²) in [6.07, 6.45) is 1.15. The minimum Gasteiger partial charge on any atom is -0.254 e. The van der Waals surface area contributed by atoms with Crippen molar-refractivity contribution in [3.8, 4) is 11.1 Å². The lowest BCUT2D eigenvalue weighted by Gasteiger charge is -2.10. The van der Waals surface area contributed by atoms with Gasteiger partial charge in [-0.1, -0.05) is 39.7 Å². The van der Waals surface area contributed by atoms with E-state index in [4.69, 9.17) is 16.7 Å². The summed E-state index contributed by atoms with van der Waals surface area (Å²) in [5, 5.41) is 5.07. The first-order valence-electron chi connectivity index (χ1n) is 4.94. The van der Waals surface area contributed by atoms with Crippen LogP contribution in [0.5, 0.6) is 0 Å². The summed E-state index contributed by atoms with van der Waals surface area (Å²) >= 11 is 9.30. The zero-order chi connectivity index (χ0) is 14.0. The summed E-state index contributed by atoms with van der Waals surface area (Å²) in [4.78, 5) is 7.68. The number of benzene rings is 1. The van der Waals surface area contributed by atoms with Crippen molar-refractivity contribution in [3.05, 3.63) is 40.2 Å². The van der Waals surface area contributed by atoms with E-state index in [0.717, 1.165) is 10.8 Å². The van der Waals surface area contributed by atoms with Crippen molar-refractivity contribution >= 4 is 43.6 Å². The van der Waals surface area contributed by atoms with E-state index in [0.29, 0.717) is 11.1 Å². The molecule has 0 atom stereocenters. The molecule has 2 rings (SSSR count). The SMILES string of the molecule is NS(=O)(=O)Nc1ncnc(Cl)c1-c1ccc(Br)cc1. The molecule has 100 valence electrons. The minimum atomic E-state index is -3.94. The summed E-state index contributed by atoms with van der Waals surface area (Å²) in [5.41, 5.74) is 1.03. The molecule has 3 N–H and O–H groups in total. The first-order valence-corrected chi connectivity index (χ1v) is 7.65. The number of aromatic nitrogens is 2. The molecule has 0 unspecified atom stereocenters. The van der Waals surface area contributed by atoms with Crippen LogP contribution in [0.15, 0.2) is 35.1 Å². The van der Waals surface area contributed by atoms with Crippen molar-refractivity contribution in [2.75, 3.05) is 4.72 Å². The highest BCUT2D eigenvalue weighted by atomic mass is 79.9. The van der Waals surface area contributed by atoms with Crippen molar-refractivity contribution < 1.29 is 8.42 Å². The lowest BCUT2D eigenvalue weighted by atomic mass is 10.1. The second kappa shape index (κ2) is 5.41. The maximum atomic E-state index is 11.1. The fraction of sp³-hybridized carbons (Fsp3) is 0. The number of hydrogen-bond donors (Lipinski definition) is 2. The van der Waals surface area contributed by atoms with E-state index < -0.39 is 10.2 Å². The first-order chi connectivity index (χ1) is 8.87. The van der Waals surface area contributed by atoms with Crippen LogP contribution in [-0.4, -0.2) is 18.4 Å². The molecular weight excluding hydrogens is 356 g/mol. The van der Waals surface area contributed by atoms with Gasteiger partial charge >= 0.3 is 0 Å². The Kier molecular flexibility index (Phi) is 4.04. The second-order valence-corrected chi connectivity index (χ2v) is 6.11. The van der Waals surface area contributed by atoms with E-state index in [1.165, 1.54) is 0 Å². The van der Waals surface area contributed by atoms with E-state index in [9.17, 15) is 8.42 Å². The van der Waals surface area contributed by atoms with Crippen molar-refractivity contribution in [1.29, 1.82) is 0 Å². The van der Waals surface area contributed by atoms with E-state index >= 15 is 0 Å². The smallest absolute Gasteiger partial charge is 0.254 e. The Hall–Kier alpha value is -1.22. The summed E-state index contributed by atoms with van der Waals surface area (Å²) in [6.45, 7) is 0. The number of nitrogens with zero attached hydrogens (tertiary/aromatic N) is 2. The largest absolute Gasteiger partial charge is 0.297 e. The van der Waals surface area contributed by atoms with Crippen molar-refractivity contribution in [1.82, 2.24) is 9.97 Å². The standard InChI is InChI=1S/C10H8BrClN4O2S/c11-7-3-1-6(2-4-7)8-9(12)14-5-15-10(8)16-19(13,17)18/h1-5H,(H2,13,17,18)(H,14,15,16). The quantitative estimate of drug-likeness (QED) is 0.817. The molecule has 9 heteroatoms. The highest BCUT2D eigenvalue weighted by Gasteiger charge is 2.15. The van der Waals surface area contributed by atoms with Crippen LogP contribution in [0.25, 0.3) is 11.1 Å². The van der Waals surface area contributed by atoms with Gasteiger partial charge in [0.05, 0.1) is 5.56 Å². The average Bonchev–Trinajstić information content (AvgIpc) is 2.29. The molecule has 0 saturated carbocycles. The molecule has 0 fully saturated rings. The van der Waals surface area contributed by atoms with Gasteiger partial charge in [-0.3, -0.25) is 4.72 Å². The Morgan fingerprint density at radius 3 is 2.42 bits per heavy atom. The van der Waals surface area contributed by atoms with Gasteiger partial charge < -0.3 is 0 Å². The predicted octanol–water partition coefficient (Wildman–Crippen LogP) is 2.17. The summed E-state index contributed by atoms with van der Waals surface area (Å²) < 4.78 is 25.2. The van der Waals surface area contributed by atoms with E-state index in [1.54, 1.807) is 24.3 Å². The molecule has 0 radical (unpaired) electrons. The topological polar surface area (TPSA) is 98.0 Å². The van der Waals surface area contributed by atoms with E-state index in [-0.39, 0.29) is 11.0 Å². The van der Waals surface area contributed by atoms with Gasteiger partial charge in [0.15, 0.2) is 5.82 Å². The molecule has 19 heavy (non-hydrogen) atoms. The average molecular weight is 364 g/mol. The van der Waals surface area contributed by atoms with Crippen LogP contribution < -0.4 is 9.86 Å². The molecular formula is C10H8BrClN4O2S. The molecule has 0 bridgehead atoms. The number of halogens is 2. The Labute approximate surface area is 123 Å². The molecule has 1 aromatic carbocycles. The van der Waals surface area contributed by atoms with Crippen LogP contribution in [-0.2, 0) is 10.2 Å². The predicted molar refractivity (Wildman–Crippen MR) is 76.9 cm³/mol. The number of hydrogen-bond acceptors (Lipinski definition) is 4. The highest BCUT2D eigenvalue weighted by Crippen LogP contribution is 2.32. The normalized spacial score (nSPS) is 11.3. The lowest BCUT2D eigenvalue weighted by Crippen LogP contribution is -2.23. The fourth-order valence-corrected chi connectivity index (χ4v) is 2.38. The van der Waals surface area contributed by atoms with Crippen LogP contribution >= 0.6 is 27.5 Å². The molecule has 0 aliphatic carbocycles. The van der Waals surface area contributed by atoms with Crippen LogP contribution in [0, 0.1) is 0 Å². The monoisotopic (exact) mass is 362 g/mol. The highest BCUT2D eigenvalue weighted by molar-refractivity contribution is 9.10. The Morgan fingerprint density at radius 1 is 1.21 bits per heavy atom. The molecule has 1 heterocycles. The van der Waals surface area contributed by atoms with Gasteiger partial charge in [0.2, 0.25) is 0 Å². The van der Waals surface area contributed by atoms with Crippen molar-refractivity contribution in [2.24, 2.45) is 5.14 Å². The van der Waals surface area contributed by atoms with E-state index in [2.05, 4.69) is 30.6 Å². The van der Waals surface area contributed by atoms with Crippen molar-refractivity contribution in [3.63, 3.8) is 0 Å². The summed E-state index contributed by atoms with van der Waals surface area (Å²) in [6, 6.07) is 7.09. The third-order valence-corrected chi connectivity index (χ3v) is 3.47. The van der Waals surface area contributed by atoms with Gasteiger partial charge in [0, 0.05) is 4.47 Å². The molecule has 1 aromatic heterocycles. The molecule has 0 amide bonds. The third-order valence-electron chi connectivity index (χ3n) is 2.17. The third kappa shape index (κ3) is 3.63. The lowest BCUT2D eigenvalue weighted by molar-refractivity contribution is 0.602. The van der Waals surface area contributed by atoms with Crippen LogP contribution in [0.4, 0.5) is 5.82 Å². The number of rotatable bonds is 3. The van der Waals surface area contributed by atoms with Gasteiger partial charge in [-0.15, -0.1) is 0 Å². The first kappa shape index (κ1) is 14.2. The Balaban J connectivity index is 2.58. The number of nitrogens with two attached hydrogens (primary N) is 1. The Bertz CT molecular complexity index is 706. The maximum absolute atomic E-state index is 11.1. The minimum absolute atomic E-state index is 0.0322. The van der Waals surface area contributed by atoms with Crippen LogP contribution in [0.2, 0.25) is 5.15 Å². The second-order valence-electron chi connectivity index (χ2n) is 3.54. The maximum Gasteiger partial charge on any atom is 0.297 e. The van der Waals surface area contributed by atoms with Gasteiger partial charge in [-0.2, -0.15) is 8.42 Å². The van der Waals surface area contributed by atoms with Crippen molar-refractivity contribution in [2.45, 2.75) is 0 Å². The summed E-state index contributed by atoms with van der Waals surface area (Å²) in [7, 11) is -3.94. The molecule has 0 spiro atoms. The van der Waals surface area contributed by atoms with Gasteiger partial charge in [-0.05, 0) is 17.7 Å². The molecule has 0 saturated heterocycles. The zero-order valence-electron chi connectivity index (χ0n) is 9.34. The zero-order valence-corrected chi connectivity index (χ0v) is 12.5. The molecule has 6 nitrogen and oxygen atoms in total. The molecule has 0 aliphatic heterocycles. The number of nitrogens with one attached hydrogen (secondary N) is 1. The molecule has 0 aliphatic rings.